The molecule has 31 heavy (non-hydrogen) atoms. The van der Waals surface area contributed by atoms with Crippen molar-refractivity contribution >= 4 is 23.4 Å². The Balaban J connectivity index is 2.20. The first-order valence-electron chi connectivity index (χ1n) is 10.9. The number of hydrogen-bond acceptors (Lipinski definition) is 3. The fourth-order valence-electron chi connectivity index (χ4n) is 3.27. The largest absolute Gasteiger partial charge is 0.484 e. The average molecular weight is 445 g/mol. The van der Waals surface area contributed by atoms with Gasteiger partial charge in [0, 0.05) is 18.1 Å². The summed E-state index contributed by atoms with van der Waals surface area (Å²) in [7, 11) is 0. The number of rotatable bonds is 11. The van der Waals surface area contributed by atoms with E-state index in [1.807, 2.05) is 57.2 Å². The van der Waals surface area contributed by atoms with Gasteiger partial charge >= 0.3 is 0 Å². The molecule has 0 aliphatic rings. The molecule has 168 valence electrons. The maximum absolute atomic E-state index is 13.2. The zero-order chi connectivity index (χ0) is 22.8. The van der Waals surface area contributed by atoms with Crippen LogP contribution in [0.2, 0.25) is 5.02 Å². The highest BCUT2D eigenvalue weighted by Gasteiger charge is 2.29. The van der Waals surface area contributed by atoms with Crippen LogP contribution >= 0.6 is 11.6 Å². The van der Waals surface area contributed by atoms with Gasteiger partial charge < -0.3 is 15.0 Å². The van der Waals surface area contributed by atoms with Gasteiger partial charge in [-0.05, 0) is 61.6 Å². The normalized spacial score (nSPS) is 11.6. The smallest absolute Gasteiger partial charge is 0.261 e. The van der Waals surface area contributed by atoms with Crippen molar-refractivity contribution in [1.29, 1.82) is 0 Å². The summed E-state index contributed by atoms with van der Waals surface area (Å²) in [6, 6.07) is 12.5. The quantitative estimate of drug-likeness (QED) is 0.493. The van der Waals surface area contributed by atoms with Crippen molar-refractivity contribution in [2.45, 2.75) is 59.5 Å². The lowest BCUT2D eigenvalue weighted by Gasteiger charge is -2.31. The number of aryl methyl sites for hydroxylation is 2. The van der Waals surface area contributed by atoms with E-state index in [1.165, 1.54) is 0 Å². The van der Waals surface area contributed by atoms with Crippen LogP contribution in [0.15, 0.2) is 42.5 Å². The van der Waals surface area contributed by atoms with Crippen molar-refractivity contribution in [3.63, 3.8) is 0 Å². The van der Waals surface area contributed by atoms with Crippen LogP contribution in [0.25, 0.3) is 0 Å². The van der Waals surface area contributed by atoms with Crippen LogP contribution in [0.5, 0.6) is 5.75 Å². The number of nitrogens with one attached hydrogen (secondary N) is 1. The van der Waals surface area contributed by atoms with Crippen molar-refractivity contribution < 1.29 is 14.3 Å². The molecule has 0 saturated heterocycles. The second-order valence-corrected chi connectivity index (χ2v) is 8.12. The Morgan fingerprint density at radius 2 is 1.84 bits per heavy atom. The third-order valence-electron chi connectivity index (χ3n) is 5.35. The molecule has 0 fully saturated rings. The molecule has 0 spiro atoms. The molecule has 2 rings (SSSR count). The molecule has 0 saturated carbocycles. The first kappa shape index (κ1) is 24.7. The maximum Gasteiger partial charge on any atom is 0.261 e. The molecule has 0 aliphatic carbocycles. The lowest BCUT2D eigenvalue weighted by Crippen LogP contribution is -2.50. The van der Waals surface area contributed by atoms with Crippen LogP contribution in [0.3, 0.4) is 0 Å². The molecular formula is C25H33ClN2O3. The van der Waals surface area contributed by atoms with Gasteiger partial charge in [0.1, 0.15) is 11.8 Å². The predicted octanol–water partition coefficient (Wildman–Crippen LogP) is 5.06. The van der Waals surface area contributed by atoms with E-state index in [-0.39, 0.29) is 25.0 Å². The van der Waals surface area contributed by atoms with Crippen LogP contribution < -0.4 is 10.1 Å². The van der Waals surface area contributed by atoms with Crippen LogP contribution in [0.1, 0.15) is 49.8 Å². The molecule has 5 nitrogen and oxygen atoms in total. The van der Waals surface area contributed by atoms with Gasteiger partial charge in [-0.15, -0.1) is 0 Å². The summed E-state index contributed by atoms with van der Waals surface area (Å²) in [4.78, 5) is 27.6. The van der Waals surface area contributed by atoms with E-state index < -0.39 is 6.04 Å². The number of nitrogens with zero attached hydrogens (tertiary/aromatic N) is 1. The van der Waals surface area contributed by atoms with Crippen molar-refractivity contribution in [1.82, 2.24) is 10.2 Å². The van der Waals surface area contributed by atoms with Gasteiger partial charge in [-0.2, -0.15) is 0 Å². The molecule has 2 amide bonds. The monoisotopic (exact) mass is 444 g/mol. The first-order valence-corrected chi connectivity index (χ1v) is 11.3. The fourth-order valence-corrected chi connectivity index (χ4v) is 3.46. The second-order valence-electron chi connectivity index (χ2n) is 7.72. The van der Waals surface area contributed by atoms with E-state index in [0.29, 0.717) is 23.7 Å². The van der Waals surface area contributed by atoms with E-state index in [9.17, 15) is 9.59 Å². The van der Waals surface area contributed by atoms with Gasteiger partial charge in [0.25, 0.3) is 5.91 Å². The molecule has 1 N–H and O–H groups in total. The Labute approximate surface area is 190 Å². The van der Waals surface area contributed by atoms with Crippen molar-refractivity contribution in [3.05, 3.63) is 64.2 Å². The zero-order valence-corrected chi connectivity index (χ0v) is 19.7. The maximum atomic E-state index is 13.2. The molecule has 0 bridgehead atoms. The predicted molar refractivity (Wildman–Crippen MR) is 125 cm³/mol. The lowest BCUT2D eigenvalue weighted by atomic mass is 10.1. The number of halogens is 1. The molecule has 0 heterocycles. The molecule has 6 heteroatoms. The molecule has 0 aliphatic heterocycles. The Kier molecular flexibility index (Phi) is 9.86. The highest BCUT2D eigenvalue weighted by Crippen LogP contribution is 2.21. The number of carbonyl (C=O) groups is 2. The van der Waals surface area contributed by atoms with Gasteiger partial charge in [-0.25, -0.2) is 0 Å². The number of benzene rings is 2. The van der Waals surface area contributed by atoms with Gasteiger partial charge in [0.05, 0.1) is 0 Å². The highest BCUT2D eigenvalue weighted by atomic mass is 35.5. The molecule has 1 atom stereocenters. The first-order chi connectivity index (χ1) is 14.9. The van der Waals surface area contributed by atoms with Gasteiger partial charge in [-0.3, -0.25) is 9.59 Å². The van der Waals surface area contributed by atoms with Gasteiger partial charge in [0.2, 0.25) is 5.91 Å². The standard InChI is InChI=1S/C25H33ClN2O3/c1-5-7-14-27-25(30)23(6-2)28(16-20-10-8-9-11-22(20)26)24(29)17-31-21-13-12-18(3)19(4)15-21/h8-13,15,23H,5-7,14,16-17H2,1-4H3,(H,27,30)/t23-/m1/s1. The summed E-state index contributed by atoms with van der Waals surface area (Å²) in [6.45, 7) is 8.70. The second kappa shape index (κ2) is 12.4. The summed E-state index contributed by atoms with van der Waals surface area (Å²) in [5.41, 5.74) is 3.05. The minimum absolute atomic E-state index is 0.147. The molecule has 2 aromatic rings. The molecule has 0 aromatic heterocycles. The van der Waals surface area contributed by atoms with Crippen LogP contribution in [0, 0.1) is 13.8 Å². The minimum atomic E-state index is -0.594. The lowest BCUT2D eigenvalue weighted by molar-refractivity contribution is -0.143. The van der Waals surface area contributed by atoms with E-state index >= 15 is 0 Å². The SMILES string of the molecule is CCCCNC(=O)[C@@H](CC)N(Cc1ccccc1Cl)C(=O)COc1ccc(C)c(C)c1. The van der Waals surface area contributed by atoms with Crippen LogP contribution in [-0.2, 0) is 16.1 Å². The van der Waals surface area contributed by atoms with Gasteiger partial charge in [-0.1, -0.05) is 56.1 Å². The summed E-state index contributed by atoms with van der Waals surface area (Å²) in [5, 5.41) is 3.52. The Hall–Kier alpha value is -2.53. The van der Waals surface area contributed by atoms with Gasteiger partial charge in [0.15, 0.2) is 6.61 Å². The summed E-state index contributed by atoms with van der Waals surface area (Å²) in [5.74, 6) is 0.229. The Morgan fingerprint density at radius 1 is 1.10 bits per heavy atom. The number of ether oxygens (including phenoxy) is 1. The van der Waals surface area contributed by atoms with Crippen LogP contribution in [0.4, 0.5) is 0 Å². The summed E-state index contributed by atoms with van der Waals surface area (Å²) < 4.78 is 5.77. The number of amides is 2. The topological polar surface area (TPSA) is 58.6 Å². The van der Waals surface area contributed by atoms with Crippen LogP contribution in [-0.4, -0.2) is 35.9 Å². The molecule has 0 radical (unpaired) electrons. The third-order valence-corrected chi connectivity index (χ3v) is 5.72. The Bertz CT molecular complexity index is 885. The van der Waals surface area contributed by atoms with E-state index in [0.717, 1.165) is 29.5 Å². The van der Waals surface area contributed by atoms with E-state index in [2.05, 4.69) is 12.2 Å². The van der Waals surface area contributed by atoms with E-state index in [1.54, 1.807) is 11.0 Å². The average Bonchev–Trinajstić information content (AvgIpc) is 2.75. The highest BCUT2D eigenvalue weighted by molar-refractivity contribution is 6.31. The zero-order valence-electron chi connectivity index (χ0n) is 18.9. The molecule has 2 aromatic carbocycles. The van der Waals surface area contributed by atoms with Crippen molar-refractivity contribution in [3.8, 4) is 5.75 Å². The van der Waals surface area contributed by atoms with E-state index in [4.69, 9.17) is 16.3 Å². The summed E-state index contributed by atoms with van der Waals surface area (Å²) in [6.07, 6.45) is 2.39. The third kappa shape index (κ3) is 7.28. The minimum Gasteiger partial charge on any atom is -0.484 e. The number of unbranched alkanes of at least 4 members (excludes halogenated alkanes) is 1. The van der Waals surface area contributed by atoms with Crippen molar-refractivity contribution in [2.24, 2.45) is 0 Å². The number of carbonyl (C=O) groups excluding carboxylic acids is 2. The summed E-state index contributed by atoms with van der Waals surface area (Å²) >= 11 is 6.34. The molecule has 0 unspecified atom stereocenters. The number of hydrogen-bond donors (Lipinski definition) is 1. The molecular weight excluding hydrogens is 412 g/mol. The fraction of sp³-hybridized carbons (Fsp3) is 0.440. The van der Waals surface area contributed by atoms with Crippen molar-refractivity contribution in [2.75, 3.05) is 13.2 Å². The Morgan fingerprint density at radius 3 is 2.48 bits per heavy atom.